The summed E-state index contributed by atoms with van der Waals surface area (Å²) in [6, 6.07) is 0. The van der Waals surface area contributed by atoms with Gasteiger partial charge in [0.25, 0.3) is 0 Å². The van der Waals surface area contributed by atoms with Crippen molar-refractivity contribution in [3.05, 3.63) is 0 Å². The summed E-state index contributed by atoms with van der Waals surface area (Å²) in [6.07, 6.45) is 1.59. The molecule has 0 bridgehead atoms. The first-order valence-electron chi connectivity index (χ1n) is 6.21. The number of carbonyl (C=O) groups excluding carboxylic acids is 1. The second-order valence-corrected chi connectivity index (χ2v) is 6.27. The second-order valence-electron chi connectivity index (χ2n) is 6.27. The van der Waals surface area contributed by atoms with Crippen molar-refractivity contribution in [2.24, 2.45) is 23.0 Å². The summed E-state index contributed by atoms with van der Waals surface area (Å²) >= 11 is 0. The van der Waals surface area contributed by atoms with Crippen molar-refractivity contribution in [1.29, 1.82) is 0 Å². The summed E-state index contributed by atoms with van der Waals surface area (Å²) in [5.41, 5.74) is 5.82. The van der Waals surface area contributed by atoms with Gasteiger partial charge in [0.2, 0.25) is 5.91 Å². The van der Waals surface area contributed by atoms with Crippen molar-refractivity contribution in [3.8, 4) is 0 Å². The molecule has 0 aromatic carbocycles. The van der Waals surface area contributed by atoms with Gasteiger partial charge in [0.1, 0.15) is 0 Å². The minimum atomic E-state index is 0.131. The lowest BCUT2D eigenvalue weighted by molar-refractivity contribution is -0.122. The van der Waals surface area contributed by atoms with Crippen LogP contribution in [0.4, 0.5) is 0 Å². The van der Waals surface area contributed by atoms with Crippen molar-refractivity contribution in [1.82, 2.24) is 5.32 Å². The van der Waals surface area contributed by atoms with E-state index >= 15 is 0 Å². The number of amides is 1. The number of hydrogen-bond acceptors (Lipinski definition) is 2. The Labute approximate surface area is 100 Å². The Balaban J connectivity index is 3.92. The van der Waals surface area contributed by atoms with Crippen LogP contribution in [0.15, 0.2) is 0 Å². The summed E-state index contributed by atoms with van der Waals surface area (Å²) in [4.78, 5) is 11.7. The van der Waals surface area contributed by atoms with E-state index in [0.717, 1.165) is 13.0 Å². The molecule has 3 nitrogen and oxygen atoms in total. The predicted molar refractivity (Wildman–Crippen MR) is 69.1 cm³/mol. The number of hydrogen-bond donors (Lipinski definition) is 2. The summed E-state index contributed by atoms with van der Waals surface area (Å²) in [7, 11) is 0. The Bertz CT molecular complexity index is 206. The molecular formula is C13H28N2O. The van der Waals surface area contributed by atoms with E-state index in [0.29, 0.717) is 24.8 Å². The first-order chi connectivity index (χ1) is 7.24. The molecule has 0 saturated carbocycles. The molecule has 1 unspecified atom stereocenters. The maximum atomic E-state index is 11.7. The minimum Gasteiger partial charge on any atom is -0.356 e. The minimum absolute atomic E-state index is 0.131. The summed E-state index contributed by atoms with van der Waals surface area (Å²) in [5, 5.41) is 2.97. The van der Waals surface area contributed by atoms with Crippen LogP contribution in [-0.4, -0.2) is 19.0 Å². The standard InChI is InChI=1S/C13H28N2O/c1-10(2)6-11(8-14)7-12(16)15-9-13(3,4)5/h10-11H,6-9,14H2,1-5H3,(H,15,16). The Kier molecular flexibility index (Phi) is 6.65. The Morgan fingerprint density at radius 1 is 1.31 bits per heavy atom. The Morgan fingerprint density at radius 2 is 1.88 bits per heavy atom. The molecule has 1 atom stereocenters. The molecule has 0 fully saturated rings. The topological polar surface area (TPSA) is 55.1 Å². The molecule has 1 amide bonds. The van der Waals surface area contributed by atoms with Crippen LogP contribution in [0.3, 0.4) is 0 Å². The first kappa shape index (κ1) is 15.4. The highest BCUT2D eigenvalue weighted by Gasteiger charge is 2.16. The molecule has 3 heteroatoms. The average Bonchev–Trinajstić information content (AvgIpc) is 2.12. The number of nitrogens with one attached hydrogen (secondary N) is 1. The Hall–Kier alpha value is -0.570. The molecule has 16 heavy (non-hydrogen) atoms. The highest BCUT2D eigenvalue weighted by Crippen LogP contribution is 2.15. The van der Waals surface area contributed by atoms with E-state index in [4.69, 9.17) is 5.73 Å². The highest BCUT2D eigenvalue weighted by atomic mass is 16.1. The van der Waals surface area contributed by atoms with Crippen molar-refractivity contribution < 1.29 is 4.79 Å². The van der Waals surface area contributed by atoms with Crippen molar-refractivity contribution >= 4 is 5.91 Å². The van der Waals surface area contributed by atoms with E-state index in [-0.39, 0.29) is 11.3 Å². The smallest absolute Gasteiger partial charge is 0.220 e. The van der Waals surface area contributed by atoms with Crippen LogP contribution in [0.2, 0.25) is 0 Å². The molecule has 0 aromatic rings. The highest BCUT2D eigenvalue weighted by molar-refractivity contribution is 5.76. The van der Waals surface area contributed by atoms with Crippen molar-refractivity contribution in [2.75, 3.05) is 13.1 Å². The fourth-order valence-corrected chi connectivity index (χ4v) is 1.63. The summed E-state index contributed by atoms with van der Waals surface area (Å²) in [6.45, 7) is 12.0. The van der Waals surface area contributed by atoms with Gasteiger partial charge in [0.05, 0.1) is 0 Å². The molecule has 0 radical (unpaired) electrons. The lowest BCUT2D eigenvalue weighted by Gasteiger charge is -2.21. The fourth-order valence-electron chi connectivity index (χ4n) is 1.63. The van der Waals surface area contributed by atoms with Gasteiger partial charge in [0, 0.05) is 13.0 Å². The zero-order chi connectivity index (χ0) is 12.8. The lowest BCUT2D eigenvalue weighted by Crippen LogP contribution is -2.34. The molecule has 0 aromatic heterocycles. The van der Waals surface area contributed by atoms with Crippen LogP contribution in [-0.2, 0) is 4.79 Å². The molecule has 3 N–H and O–H groups in total. The van der Waals surface area contributed by atoms with Crippen LogP contribution < -0.4 is 11.1 Å². The molecule has 0 aliphatic rings. The quantitative estimate of drug-likeness (QED) is 0.732. The van der Waals surface area contributed by atoms with E-state index in [9.17, 15) is 4.79 Å². The van der Waals surface area contributed by atoms with Crippen LogP contribution >= 0.6 is 0 Å². The molecular weight excluding hydrogens is 200 g/mol. The molecule has 96 valence electrons. The van der Waals surface area contributed by atoms with Crippen LogP contribution in [0.1, 0.15) is 47.5 Å². The Morgan fingerprint density at radius 3 is 2.25 bits per heavy atom. The van der Waals surface area contributed by atoms with Gasteiger partial charge in [-0.15, -0.1) is 0 Å². The van der Waals surface area contributed by atoms with Gasteiger partial charge in [0.15, 0.2) is 0 Å². The zero-order valence-electron chi connectivity index (χ0n) is 11.5. The van der Waals surface area contributed by atoms with E-state index in [2.05, 4.69) is 39.9 Å². The lowest BCUT2D eigenvalue weighted by atomic mass is 9.93. The van der Waals surface area contributed by atoms with Gasteiger partial charge in [-0.1, -0.05) is 34.6 Å². The molecule has 0 aliphatic heterocycles. The summed E-state index contributed by atoms with van der Waals surface area (Å²) < 4.78 is 0. The van der Waals surface area contributed by atoms with Crippen LogP contribution in [0, 0.1) is 17.3 Å². The van der Waals surface area contributed by atoms with Gasteiger partial charge in [-0.3, -0.25) is 4.79 Å². The third-order valence-corrected chi connectivity index (χ3v) is 2.43. The molecule has 0 saturated heterocycles. The molecule has 0 rings (SSSR count). The van der Waals surface area contributed by atoms with E-state index in [1.54, 1.807) is 0 Å². The van der Waals surface area contributed by atoms with Crippen LogP contribution in [0.25, 0.3) is 0 Å². The van der Waals surface area contributed by atoms with Crippen molar-refractivity contribution in [3.63, 3.8) is 0 Å². The van der Waals surface area contributed by atoms with Crippen molar-refractivity contribution in [2.45, 2.75) is 47.5 Å². The van der Waals surface area contributed by atoms with Gasteiger partial charge in [-0.2, -0.15) is 0 Å². The number of carbonyl (C=O) groups is 1. The predicted octanol–water partition coefficient (Wildman–Crippen LogP) is 2.16. The normalized spacial score (nSPS) is 13.9. The molecule has 0 aliphatic carbocycles. The first-order valence-corrected chi connectivity index (χ1v) is 6.21. The summed E-state index contributed by atoms with van der Waals surface area (Å²) in [5.74, 6) is 1.05. The third-order valence-electron chi connectivity index (χ3n) is 2.43. The molecule has 0 spiro atoms. The van der Waals surface area contributed by atoms with Gasteiger partial charge in [-0.05, 0) is 30.2 Å². The van der Waals surface area contributed by atoms with E-state index in [1.807, 2.05) is 0 Å². The SMILES string of the molecule is CC(C)CC(CN)CC(=O)NCC(C)(C)C. The zero-order valence-corrected chi connectivity index (χ0v) is 11.5. The van der Waals surface area contributed by atoms with Gasteiger partial charge >= 0.3 is 0 Å². The van der Waals surface area contributed by atoms with Crippen LogP contribution in [0.5, 0.6) is 0 Å². The molecule has 0 heterocycles. The van der Waals surface area contributed by atoms with Gasteiger partial charge < -0.3 is 11.1 Å². The average molecular weight is 228 g/mol. The third kappa shape index (κ3) is 8.72. The maximum absolute atomic E-state index is 11.7. The maximum Gasteiger partial charge on any atom is 0.220 e. The second kappa shape index (κ2) is 6.89. The monoisotopic (exact) mass is 228 g/mol. The fraction of sp³-hybridized carbons (Fsp3) is 0.923. The number of nitrogens with two attached hydrogens (primary N) is 1. The van der Waals surface area contributed by atoms with E-state index in [1.165, 1.54) is 0 Å². The van der Waals surface area contributed by atoms with E-state index < -0.39 is 0 Å². The largest absolute Gasteiger partial charge is 0.356 e. The number of rotatable bonds is 6. The van der Waals surface area contributed by atoms with Gasteiger partial charge in [-0.25, -0.2) is 0 Å².